The van der Waals surface area contributed by atoms with Gasteiger partial charge in [0.2, 0.25) is 0 Å². The summed E-state index contributed by atoms with van der Waals surface area (Å²) in [6, 6.07) is 8.70. The molecule has 68 valence electrons. The van der Waals surface area contributed by atoms with Crippen LogP contribution < -0.4 is 5.73 Å². The zero-order valence-corrected chi connectivity index (χ0v) is 7.72. The Labute approximate surface area is 77.8 Å². The second kappa shape index (κ2) is 3.62. The largest absolute Gasteiger partial charge is 0.361 e. The van der Waals surface area contributed by atoms with Crippen LogP contribution in [-0.2, 0) is 6.42 Å². The number of rotatable bonds is 3. The van der Waals surface area contributed by atoms with Crippen molar-refractivity contribution in [2.24, 2.45) is 0 Å². The smallest absolute Gasteiger partial charge is 0.0743 e. The summed E-state index contributed by atoms with van der Waals surface area (Å²) >= 11 is 0. The molecule has 1 aromatic heterocycles. The van der Waals surface area contributed by atoms with Crippen molar-refractivity contribution in [3.8, 4) is 0 Å². The third-order valence-corrected chi connectivity index (χ3v) is 2.33. The summed E-state index contributed by atoms with van der Waals surface area (Å²) in [5.41, 5.74) is 6.48. The first kappa shape index (κ1) is 8.32. The van der Waals surface area contributed by atoms with Gasteiger partial charge in [-0.25, -0.2) is 0 Å². The van der Waals surface area contributed by atoms with E-state index in [0.717, 1.165) is 13.0 Å². The molecule has 2 heteroatoms. The van der Waals surface area contributed by atoms with E-state index in [1.165, 1.54) is 22.9 Å². The van der Waals surface area contributed by atoms with E-state index in [1.807, 2.05) is 6.20 Å². The van der Waals surface area contributed by atoms with Crippen LogP contribution in [0.3, 0.4) is 0 Å². The molecular weight excluding hydrogens is 160 g/mol. The number of H-pyrrole nitrogens is 1. The average molecular weight is 175 g/mol. The molecule has 0 aliphatic carbocycles. The Morgan fingerprint density at radius 2 is 2.15 bits per heavy atom. The number of nitrogens with one attached hydrogen (secondary N) is 1. The number of aromatic amines is 1. The number of hydrogen-bond acceptors (Lipinski definition) is 0. The van der Waals surface area contributed by atoms with Gasteiger partial charge < -0.3 is 10.7 Å². The van der Waals surface area contributed by atoms with Crippen LogP contribution in [0.5, 0.6) is 0 Å². The van der Waals surface area contributed by atoms with Crippen molar-refractivity contribution < 1.29 is 5.73 Å². The number of quaternary nitrogens is 1. The molecule has 0 atom stereocenters. The van der Waals surface area contributed by atoms with E-state index in [4.69, 9.17) is 0 Å². The van der Waals surface area contributed by atoms with Crippen molar-refractivity contribution in [1.82, 2.24) is 4.98 Å². The molecule has 0 amide bonds. The zero-order chi connectivity index (χ0) is 9.10. The van der Waals surface area contributed by atoms with E-state index >= 15 is 0 Å². The summed E-state index contributed by atoms with van der Waals surface area (Å²) < 4.78 is 0. The Kier molecular flexibility index (Phi) is 2.32. The van der Waals surface area contributed by atoms with Gasteiger partial charge in [-0.2, -0.15) is 0 Å². The van der Waals surface area contributed by atoms with Crippen LogP contribution in [0, 0.1) is 0 Å². The fourth-order valence-electron chi connectivity index (χ4n) is 1.59. The Morgan fingerprint density at radius 3 is 3.00 bits per heavy atom. The van der Waals surface area contributed by atoms with Crippen molar-refractivity contribution in [2.75, 3.05) is 6.54 Å². The SMILES string of the molecule is [NH3+]CCCc1ccc2[nH]ccc2c1. The van der Waals surface area contributed by atoms with Crippen LogP contribution in [0.25, 0.3) is 10.9 Å². The molecular formula is C11H15N2+. The predicted molar refractivity (Wildman–Crippen MR) is 54.4 cm³/mol. The molecule has 0 spiro atoms. The Hall–Kier alpha value is -1.28. The van der Waals surface area contributed by atoms with Gasteiger partial charge in [-0.3, -0.25) is 0 Å². The lowest BCUT2D eigenvalue weighted by atomic mass is 10.1. The number of aromatic nitrogens is 1. The third-order valence-electron chi connectivity index (χ3n) is 2.33. The highest BCUT2D eigenvalue weighted by Gasteiger charge is 1.96. The van der Waals surface area contributed by atoms with E-state index in [2.05, 4.69) is 35.0 Å². The maximum Gasteiger partial charge on any atom is 0.0743 e. The molecule has 2 nitrogen and oxygen atoms in total. The number of benzene rings is 1. The van der Waals surface area contributed by atoms with Gasteiger partial charge in [0.25, 0.3) is 0 Å². The highest BCUT2D eigenvalue weighted by molar-refractivity contribution is 5.79. The summed E-state index contributed by atoms with van der Waals surface area (Å²) in [5, 5.41) is 1.31. The Balaban J connectivity index is 2.26. The lowest BCUT2D eigenvalue weighted by Crippen LogP contribution is -2.50. The number of fused-ring (bicyclic) bond motifs is 1. The van der Waals surface area contributed by atoms with E-state index in [9.17, 15) is 0 Å². The van der Waals surface area contributed by atoms with E-state index in [0.29, 0.717) is 0 Å². The molecule has 1 heterocycles. The highest BCUT2D eigenvalue weighted by atomic mass is 14.7. The van der Waals surface area contributed by atoms with Crippen LogP contribution in [-0.4, -0.2) is 11.5 Å². The lowest BCUT2D eigenvalue weighted by molar-refractivity contribution is -0.368. The van der Waals surface area contributed by atoms with Gasteiger partial charge in [0.05, 0.1) is 6.54 Å². The third kappa shape index (κ3) is 1.73. The average Bonchev–Trinajstić information content (AvgIpc) is 2.61. The van der Waals surface area contributed by atoms with Crippen LogP contribution in [0.15, 0.2) is 30.5 Å². The van der Waals surface area contributed by atoms with Gasteiger partial charge in [0.1, 0.15) is 0 Å². The topological polar surface area (TPSA) is 43.4 Å². The molecule has 0 bridgehead atoms. The molecule has 0 aliphatic rings. The first-order valence-electron chi connectivity index (χ1n) is 4.75. The number of aryl methyl sites for hydroxylation is 1. The summed E-state index contributed by atoms with van der Waals surface area (Å²) in [4.78, 5) is 3.19. The Bertz CT molecular complexity index is 390. The second-order valence-electron chi connectivity index (χ2n) is 3.36. The summed E-state index contributed by atoms with van der Waals surface area (Å²) in [7, 11) is 0. The van der Waals surface area contributed by atoms with Crippen molar-refractivity contribution in [3.63, 3.8) is 0 Å². The van der Waals surface area contributed by atoms with Crippen molar-refractivity contribution >= 4 is 10.9 Å². The molecule has 0 saturated carbocycles. The van der Waals surface area contributed by atoms with E-state index in [-0.39, 0.29) is 0 Å². The van der Waals surface area contributed by atoms with Gasteiger partial charge >= 0.3 is 0 Å². The summed E-state index contributed by atoms with van der Waals surface area (Å²) in [6.07, 6.45) is 4.30. The minimum absolute atomic E-state index is 1.02. The lowest BCUT2D eigenvalue weighted by Gasteiger charge is -1.98. The van der Waals surface area contributed by atoms with Crippen LogP contribution in [0.2, 0.25) is 0 Å². The summed E-state index contributed by atoms with van der Waals surface area (Å²) in [6.45, 7) is 1.02. The molecule has 0 fully saturated rings. The molecule has 4 N–H and O–H groups in total. The van der Waals surface area contributed by atoms with Gasteiger partial charge in [-0.15, -0.1) is 0 Å². The van der Waals surface area contributed by atoms with Crippen molar-refractivity contribution in [3.05, 3.63) is 36.0 Å². The van der Waals surface area contributed by atoms with Gasteiger partial charge in [0, 0.05) is 18.1 Å². The standard InChI is InChI=1S/C11H14N2/c12-6-1-2-9-3-4-11-10(8-9)5-7-13-11/h3-5,7-8,13H,1-2,6,12H2/p+1. The summed E-state index contributed by atoms with van der Waals surface area (Å²) in [5.74, 6) is 0. The normalized spacial score (nSPS) is 10.8. The maximum absolute atomic E-state index is 3.85. The first-order chi connectivity index (χ1) is 6.40. The maximum atomic E-state index is 3.85. The van der Waals surface area contributed by atoms with E-state index in [1.54, 1.807) is 0 Å². The first-order valence-corrected chi connectivity index (χ1v) is 4.75. The quantitative estimate of drug-likeness (QED) is 0.707. The van der Waals surface area contributed by atoms with Gasteiger partial charge in [-0.05, 0) is 35.6 Å². The van der Waals surface area contributed by atoms with E-state index < -0.39 is 0 Å². The minimum Gasteiger partial charge on any atom is -0.361 e. The molecule has 0 aliphatic heterocycles. The van der Waals surface area contributed by atoms with Gasteiger partial charge in [0.15, 0.2) is 0 Å². The molecule has 13 heavy (non-hydrogen) atoms. The van der Waals surface area contributed by atoms with Gasteiger partial charge in [-0.1, -0.05) is 6.07 Å². The van der Waals surface area contributed by atoms with Crippen molar-refractivity contribution in [2.45, 2.75) is 12.8 Å². The van der Waals surface area contributed by atoms with Crippen LogP contribution >= 0.6 is 0 Å². The molecule has 0 saturated heterocycles. The fraction of sp³-hybridized carbons (Fsp3) is 0.273. The predicted octanol–water partition coefficient (Wildman–Crippen LogP) is 1.34. The molecule has 0 unspecified atom stereocenters. The molecule has 1 aromatic carbocycles. The fourth-order valence-corrected chi connectivity index (χ4v) is 1.59. The van der Waals surface area contributed by atoms with Crippen LogP contribution in [0.1, 0.15) is 12.0 Å². The van der Waals surface area contributed by atoms with Crippen molar-refractivity contribution in [1.29, 1.82) is 0 Å². The Morgan fingerprint density at radius 1 is 1.23 bits per heavy atom. The number of hydrogen-bond donors (Lipinski definition) is 2. The highest BCUT2D eigenvalue weighted by Crippen LogP contribution is 2.14. The molecule has 0 radical (unpaired) electrons. The molecule has 2 rings (SSSR count). The second-order valence-corrected chi connectivity index (χ2v) is 3.36. The monoisotopic (exact) mass is 175 g/mol. The van der Waals surface area contributed by atoms with Crippen LogP contribution in [0.4, 0.5) is 0 Å². The zero-order valence-electron chi connectivity index (χ0n) is 7.72. The minimum atomic E-state index is 1.02. The molecule has 2 aromatic rings.